The van der Waals surface area contributed by atoms with Gasteiger partial charge < -0.3 is 8.83 Å². The molecular formula is C43H27N3O2. The summed E-state index contributed by atoms with van der Waals surface area (Å²) in [5, 5.41) is 5.38. The van der Waals surface area contributed by atoms with E-state index in [1.54, 1.807) is 0 Å². The molecule has 4 heterocycles. The Bertz CT molecular complexity index is 2940. The van der Waals surface area contributed by atoms with Crippen LogP contribution in [0.5, 0.6) is 0 Å². The van der Waals surface area contributed by atoms with Gasteiger partial charge in [-0.3, -0.25) is 4.57 Å². The molecule has 0 unspecified atom stereocenters. The van der Waals surface area contributed by atoms with E-state index in [-0.39, 0.29) is 5.41 Å². The average Bonchev–Trinajstić information content (AvgIpc) is 3.85. The highest BCUT2D eigenvalue weighted by Crippen LogP contribution is 2.55. The van der Waals surface area contributed by atoms with Crippen LogP contribution in [-0.4, -0.2) is 14.5 Å². The van der Waals surface area contributed by atoms with Gasteiger partial charge in [-0.15, -0.1) is 0 Å². The second-order valence-electron chi connectivity index (χ2n) is 13.3. The molecule has 0 radical (unpaired) electrons. The molecule has 6 aromatic carbocycles. The molecule has 11 rings (SSSR count). The summed E-state index contributed by atoms with van der Waals surface area (Å²) < 4.78 is 15.7. The van der Waals surface area contributed by atoms with Gasteiger partial charge in [0.1, 0.15) is 28.0 Å². The van der Waals surface area contributed by atoms with E-state index in [9.17, 15) is 0 Å². The van der Waals surface area contributed by atoms with Crippen molar-refractivity contribution >= 4 is 65.8 Å². The van der Waals surface area contributed by atoms with Gasteiger partial charge in [0.15, 0.2) is 5.58 Å². The Kier molecular flexibility index (Phi) is 4.86. The molecule has 10 aromatic rings. The molecule has 0 saturated carbocycles. The van der Waals surface area contributed by atoms with E-state index in [2.05, 4.69) is 122 Å². The minimum atomic E-state index is -0.245. The fourth-order valence-electron chi connectivity index (χ4n) is 8.32. The maximum absolute atomic E-state index is 6.83. The highest BCUT2D eigenvalue weighted by molar-refractivity contribution is 6.19. The lowest BCUT2D eigenvalue weighted by Crippen LogP contribution is -2.15. The van der Waals surface area contributed by atoms with Crippen LogP contribution in [0.15, 0.2) is 136 Å². The first-order chi connectivity index (χ1) is 23.6. The Balaban J connectivity index is 1.34. The minimum Gasteiger partial charge on any atom is -0.456 e. The van der Waals surface area contributed by atoms with Gasteiger partial charge >= 0.3 is 0 Å². The van der Waals surface area contributed by atoms with Gasteiger partial charge in [0.05, 0.1) is 11.0 Å². The molecule has 1 aliphatic carbocycles. The highest BCUT2D eigenvalue weighted by atomic mass is 16.3. The normalized spacial score (nSPS) is 13.8. The molecule has 0 N–H and O–H groups in total. The Hall–Kier alpha value is -6.20. The third-order valence-corrected chi connectivity index (χ3v) is 10.4. The van der Waals surface area contributed by atoms with E-state index in [1.807, 2.05) is 24.3 Å². The predicted molar refractivity (Wildman–Crippen MR) is 194 cm³/mol. The smallest absolute Gasteiger partial charge is 0.236 e. The van der Waals surface area contributed by atoms with Crippen molar-refractivity contribution in [2.24, 2.45) is 0 Å². The number of furan rings is 2. The summed E-state index contributed by atoms with van der Waals surface area (Å²) in [5.74, 6) is 0.601. The molecule has 5 nitrogen and oxygen atoms in total. The van der Waals surface area contributed by atoms with E-state index in [0.717, 1.165) is 71.5 Å². The topological polar surface area (TPSA) is 57.0 Å². The van der Waals surface area contributed by atoms with Crippen LogP contribution in [0.3, 0.4) is 0 Å². The van der Waals surface area contributed by atoms with Crippen molar-refractivity contribution in [3.63, 3.8) is 0 Å². The maximum Gasteiger partial charge on any atom is 0.236 e. The summed E-state index contributed by atoms with van der Waals surface area (Å²) >= 11 is 0. The fraction of sp³-hybridized carbons (Fsp3) is 0.0698. The van der Waals surface area contributed by atoms with Crippen LogP contribution in [-0.2, 0) is 5.41 Å². The summed E-state index contributed by atoms with van der Waals surface area (Å²) in [6, 6.07) is 44.4. The number of fused-ring (bicyclic) bond motifs is 13. The third-order valence-electron chi connectivity index (χ3n) is 10.4. The molecule has 1 aliphatic rings. The number of hydrogen-bond acceptors (Lipinski definition) is 4. The lowest BCUT2D eigenvalue weighted by atomic mass is 9.81. The zero-order chi connectivity index (χ0) is 31.7. The van der Waals surface area contributed by atoms with Crippen LogP contribution in [0.1, 0.15) is 25.0 Å². The minimum absolute atomic E-state index is 0.245. The Labute approximate surface area is 274 Å². The van der Waals surface area contributed by atoms with Gasteiger partial charge in [0.25, 0.3) is 0 Å². The van der Waals surface area contributed by atoms with Gasteiger partial charge in [-0.05, 0) is 53.1 Å². The molecule has 0 aliphatic heterocycles. The van der Waals surface area contributed by atoms with Gasteiger partial charge in [-0.2, -0.15) is 0 Å². The van der Waals surface area contributed by atoms with Crippen LogP contribution in [0.2, 0.25) is 0 Å². The molecule has 226 valence electrons. The number of hydrogen-bond donors (Lipinski definition) is 0. The molecule has 0 bridgehead atoms. The predicted octanol–water partition coefficient (Wildman–Crippen LogP) is 11.3. The number of nitrogens with zero attached hydrogens (tertiary/aromatic N) is 3. The molecule has 0 saturated heterocycles. The van der Waals surface area contributed by atoms with Crippen LogP contribution in [0.25, 0.3) is 94.1 Å². The maximum atomic E-state index is 6.83. The lowest BCUT2D eigenvalue weighted by Gasteiger charge is -2.22. The highest BCUT2D eigenvalue weighted by Gasteiger charge is 2.40. The summed E-state index contributed by atoms with van der Waals surface area (Å²) in [5.41, 5.74) is 12.4. The summed E-state index contributed by atoms with van der Waals surface area (Å²) in [6.45, 7) is 4.60. The number of aromatic nitrogens is 3. The van der Waals surface area contributed by atoms with E-state index in [4.69, 9.17) is 18.8 Å². The van der Waals surface area contributed by atoms with Crippen molar-refractivity contribution in [3.8, 4) is 28.3 Å². The summed E-state index contributed by atoms with van der Waals surface area (Å²) in [6.07, 6.45) is 0. The van der Waals surface area contributed by atoms with Crippen LogP contribution in [0.4, 0.5) is 0 Å². The van der Waals surface area contributed by atoms with Crippen molar-refractivity contribution in [3.05, 3.63) is 139 Å². The fourth-order valence-corrected chi connectivity index (χ4v) is 8.32. The first kappa shape index (κ1) is 25.9. The summed E-state index contributed by atoms with van der Waals surface area (Å²) in [7, 11) is 0. The summed E-state index contributed by atoms with van der Waals surface area (Å²) in [4.78, 5) is 10.8. The molecule has 0 fully saturated rings. The average molecular weight is 618 g/mol. The van der Waals surface area contributed by atoms with E-state index in [0.29, 0.717) is 11.5 Å². The van der Waals surface area contributed by atoms with Crippen molar-refractivity contribution < 1.29 is 8.83 Å². The number of rotatable bonds is 2. The second-order valence-corrected chi connectivity index (χ2v) is 13.3. The van der Waals surface area contributed by atoms with Crippen LogP contribution < -0.4 is 0 Å². The van der Waals surface area contributed by atoms with Crippen LogP contribution >= 0.6 is 0 Å². The zero-order valence-electron chi connectivity index (χ0n) is 26.3. The monoisotopic (exact) mass is 617 g/mol. The standard InChI is InChI=1S/C43H27N3O2/c1-43(2)31-18-8-3-13-24(31)29-23-30(36-27-16-6-11-21-34(27)47-40(36)37(29)43)39-41-38(28-17-7-12-22-35(28)48-41)44-42(45-39)46-32-19-9-4-14-25(32)26-15-5-10-20-33(26)46/h3-23H,1-2H3. The quantitative estimate of drug-likeness (QED) is 0.194. The zero-order valence-corrected chi connectivity index (χ0v) is 26.3. The molecule has 48 heavy (non-hydrogen) atoms. The first-order valence-electron chi connectivity index (χ1n) is 16.3. The number of para-hydroxylation sites is 4. The first-order valence-corrected chi connectivity index (χ1v) is 16.3. The molecule has 0 atom stereocenters. The van der Waals surface area contributed by atoms with E-state index in [1.165, 1.54) is 22.3 Å². The van der Waals surface area contributed by atoms with Crippen molar-refractivity contribution in [1.29, 1.82) is 0 Å². The third kappa shape index (κ3) is 3.20. The van der Waals surface area contributed by atoms with Gasteiger partial charge in [0, 0.05) is 43.5 Å². The number of benzene rings is 6. The molecule has 0 spiro atoms. The molecule has 0 amide bonds. The Morgan fingerprint density at radius 2 is 1.12 bits per heavy atom. The Morgan fingerprint density at radius 1 is 0.542 bits per heavy atom. The molecule has 4 aromatic heterocycles. The second kappa shape index (κ2) is 8.99. The lowest BCUT2D eigenvalue weighted by molar-refractivity contribution is 0.620. The van der Waals surface area contributed by atoms with E-state index >= 15 is 0 Å². The van der Waals surface area contributed by atoms with E-state index < -0.39 is 0 Å². The molecular weight excluding hydrogens is 590 g/mol. The van der Waals surface area contributed by atoms with Crippen molar-refractivity contribution in [2.45, 2.75) is 19.3 Å². The SMILES string of the molecule is CC1(C)c2ccccc2-c2cc(-c3nc(-n4c5ccccc5c5ccccc54)nc4c3oc3ccccc34)c3c(oc4ccccc43)c21. The van der Waals surface area contributed by atoms with Crippen molar-refractivity contribution in [2.75, 3.05) is 0 Å². The van der Waals surface area contributed by atoms with Gasteiger partial charge in [-0.1, -0.05) is 105 Å². The largest absolute Gasteiger partial charge is 0.456 e. The van der Waals surface area contributed by atoms with Gasteiger partial charge in [-0.25, -0.2) is 9.97 Å². The van der Waals surface area contributed by atoms with Crippen LogP contribution in [0, 0.1) is 0 Å². The molecule has 5 heteroatoms. The Morgan fingerprint density at radius 3 is 1.88 bits per heavy atom. The van der Waals surface area contributed by atoms with Crippen molar-refractivity contribution in [1.82, 2.24) is 14.5 Å². The van der Waals surface area contributed by atoms with Gasteiger partial charge in [0.2, 0.25) is 5.95 Å².